The van der Waals surface area contributed by atoms with E-state index in [0.29, 0.717) is 19.5 Å². The Morgan fingerprint density at radius 1 is 1.32 bits per heavy atom. The van der Waals surface area contributed by atoms with E-state index in [0.717, 1.165) is 19.3 Å². The van der Waals surface area contributed by atoms with Gasteiger partial charge in [-0.05, 0) is 19.8 Å². The van der Waals surface area contributed by atoms with Crippen LogP contribution in [-0.4, -0.2) is 60.9 Å². The van der Waals surface area contributed by atoms with Gasteiger partial charge in [0.05, 0.1) is 13.7 Å². The number of ether oxygens (including phenoxy) is 1. The van der Waals surface area contributed by atoms with Gasteiger partial charge in [0.15, 0.2) is 0 Å². The smallest absolute Gasteiger partial charge is 0.325 e. The lowest BCUT2D eigenvalue weighted by Crippen LogP contribution is -2.44. The standard InChI is InChI=1S/C13H22N2O4/c1-3-14(10-13(18)19-2)12(17)9-15-8-6-4-5-7-11(15)16/h3-10H2,1-2H3. The van der Waals surface area contributed by atoms with Crippen LogP contribution >= 0.6 is 0 Å². The van der Waals surface area contributed by atoms with Gasteiger partial charge in [-0.25, -0.2) is 0 Å². The zero-order valence-corrected chi connectivity index (χ0v) is 11.7. The third-order valence-corrected chi connectivity index (χ3v) is 3.28. The molecule has 0 unspecified atom stereocenters. The van der Waals surface area contributed by atoms with Gasteiger partial charge in [-0.15, -0.1) is 0 Å². The molecule has 1 fully saturated rings. The highest BCUT2D eigenvalue weighted by atomic mass is 16.5. The van der Waals surface area contributed by atoms with E-state index in [-0.39, 0.29) is 24.9 Å². The number of hydrogen-bond donors (Lipinski definition) is 0. The van der Waals surface area contributed by atoms with Crippen LogP contribution in [-0.2, 0) is 19.1 Å². The second-order valence-corrected chi connectivity index (χ2v) is 4.61. The molecule has 2 amide bonds. The molecule has 0 atom stereocenters. The second-order valence-electron chi connectivity index (χ2n) is 4.61. The lowest BCUT2D eigenvalue weighted by molar-refractivity contribution is -0.148. The molecule has 108 valence electrons. The number of esters is 1. The lowest BCUT2D eigenvalue weighted by Gasteiger charge is -2.25. The van der Waals surface area contributed by atoms with Gasteiger partial charge >= 0.3 is 5.97 Å². The van der Waals surface area contributed by atoms with Crippen molar-refractivity contribution in [3.05, 3.63) is 0 Å². The summed E-state index contributed by atoms with van der Waals surface area (Å²) < 4.78 is 4.55. The fraction of sp³-hybridized carbons (Fsp3) is 0.769. The van der Waals surface area contributed by atoms with Crippen LogP contribution in [0.15, 0.2) is 0 Å². The molecule has 6 heteroatoms. The predicted molar refractivity (Wildman–Crippen MR) is 69.3 cm³/mol. The van der Waals surface area contributed by atoms with Crippen molar-refractivity contribution in [2.24, 2.45) is 0 Å². The van der Waals surface area contributed by atoms with Crippen molar-refractivity contribution >= 4 is 17.8 Å². The summed E-state index contributed by atoms with van der Waals surface area (Å²) in [5.74, 6) is -0.625. The molecule has 1 rings (SSSR count). The van der Waals surface area contributed by atoms with Crippen molar-refractivity contribution in [1.29, 1.82) is 0 Å². The van der Waals surface area contributed by atoms with Crippen LogP contribution in [0.4, 0.5) is 0 Å². The van der Waals surface area contributed by atoms with E-state index in [1.807, 2.05) is 0 Å². The summed E-state index contributed by atoms with van der Waals surface area (Å²) in [4.78, 5) is 38.1. The monoisotopic (exact) mass is 270 g/mol. The van der Waals surface area contributed by atoms with Gasteiger partial charge in [0, 0.05) is 19.5 Å². The quantitative estimate of drug-likeness (QED) is 0.679. The van der Waals surface area contributed by atoms with E-state index in [2.05, 4.69) is 4.74 Å². The molecule has 0 aromatic rings. The maximum Gasteiger partial charge on any atom is 0.325 e. The molecular weight excluding hydrogens is 248 g/mol. The zero-order valence-electron chi connectivity index (χ0n) is 11.7. The number of amides is 2. The topological polar surface area (TPSA) is 66.9 Å². The second kappa shape index (κ2) is 7.76. The van der Waals surface area contributed by atoms with Crippen LogP contribution in [0.2, 0.25) is 0 Å². The summed E-state index contributed by atoms with van der Waals surface area (Å²) in [5, 5.41) is 0. The molecule has 6 nitrogen and oxygen atoms in total. The number of hydrogen-bond acceptors (Lipinski definition) is 4. The first-order valence-corrected chi connectivity index (χ1v) is 6.70. The first kappa shape index (κ1) is 15.5. The Bertz CT molecular complexity index is 344. The summed E-state index contributed by atoms with van der Waals surface area (Å²) in [5.41, 5.74) is 0. The summed E-state index contributed by atoms with van der Waals surface area (Å²) in [7, 11) is 1.29. The van der Waals surface area contributed by atoms with Gasteiger partial charge in [-0.1, -0.05) is 6.42 Å². The molecule has 0 saturated carbocycles. The van der Waals surface area contributed by atoms with Gasteiger partial charge in [-0.3, -0.25) is 14.4 Å². The van der Waals surface area contributed by atoms with Gasteiger partial charge in [0.1, 0.15) is 6.54 Å². The number of carbonyl (C=O) groups is 3. The van der Waals surface area contributed by atoms with Gasteiger partial charge in [0.2, 0.25) is 11.8 Å². The Labute approximate surface area is 113 Å². The molecule has 0 aromatic carbocycles. The van der Waals surface area contributed by atoms with Crippen molar-refractivity contribution in [3.63, 3.8) is 0 Å². The number of carbonyl (C=O) groups excluding carboxylic acids is 3. The average Bonchev–Trinajstić information content (AvgIpc) is 2.61. The van der Waals surface area contributed by atoms with E-state index in [1.165, 1.54) is 12.0 Å². The van der Waals surface area contributed by atoms with Crippen LogP contribution in [0, 0.1) is 0 Å². The van der Waals surface area contributed by atoms with Crippen LogP contribution in [0.1, 0.15) is 32.6 Å². The molecule has 1 heterocycles. The van der Waals surface area contributed by atoms with E-state index in [4.69, 9.17) is 0 Å². The van der Waals surface area contributed by atoms with Crippen molar-refractivity contribution in [1.82, 2.24) is 9.80 Å². The summed E-state index contributed by atoms with van der Waals surface area (Å²) in [6.45, 7) is 2.85. The van der Waals surface area contributed by atoms with Gasteiger partial charge in [0.25, 0.3) is 0 Å². The minimum Gasteiger partial charge on any atom is -0.468 e. The van der Waals surface area contributed by atoms with Gasteiger partial charge in [-0.2, -0.15) is 0 Å². The molecule has 1 saturated heterocycles. The minimum atomic E-state index is -0.447. The predicted octanol–water partition coefficient (Wildman–Crippen LogP) is 0.410. The number of methoxy groups -OCH3 is 1. The van der Waals surface area contributed by atoms with Crippen LogP contribution in [0.25, 0.3) is 0 Å². The Balaban J connectivity index is 2.55. The van der Waals surface area contributed by atoms with E-state index >= 15 is 0 Å². The molecular formula is C13H22N2O4. The first-order chi connectivity index (χ1) is 9.08. The molecule has 1 aliphatic heterocycles. The summed E-state index contributed by atoms with van der Waals surface area (Å²) >= 11 is 0. The number of rotatable bonds is 5. The van der Waals surface area contributed by atoms with Crippen LogP contribution < -0.4 is 0 Å². The Hall–Kier alpha value is -1.59. The molecule has 0 N–H and O–H groups in total. The third-order valence-electron chi connectivity index (χ3n) is 3.28. The molecule has 0 spiro atoms. The van der Waals surface area contributed by atoms with Crippen molar-refractivity contribution in [2.45, 2.75) is 32.6 Å². The molecule has 0 bridgehead atoms. The lowest BCUT2D eigenvalue weighted by atomic mass is 10.2. The maximum atomic E-state index is 12.1. The van der Waals surface area contributed by atoms with Crippen molar-refractivity contribution < 1.29 is 19.1 Å². The van der Waals surface area contributed by atoms with E-state index in [9.17, 15) is 14.4 Å². The molecule has 0 aliphatic carbocycles. The third kappa shape index (κ3) is 4.89. The maximum absolute atomic E-state index is 12.1. The molecule has 19 heavy (non-hydrogen) atoms. The largest absolute Gasteiger partial charge is 0.468 e. The Kier molecular flexibility index (Phi) is 6.32. The molecule has 1 aliphatic rings. The highest BCUT2D eigenvalue weighted by Gasteiger charge is 2.23. The zero-order chi connectivity index (χ0) is 14.3. The summed E-state index contributed by atoms with van der Waals surface area (Å²) in [6, 6.07) is 0. The fourth-order valence-electron chi connectivity index (χ4n) is 2.07. The number of likely N-dealkylation sites (N-methyl/N-ethyl adjacent to an activating group) is 1. The van der Waals surface area contributed by atoms with Crippen molar-refractivity contribution in [3.8, 4) is 0 Å². The van der Waals surface area contributed by atoms with E-state index in [1.54, 1.807) is 11.8 Å². The molecule has 0 aromatic heterocycles. The van der Waals surface area contributed by atoms with E-state index < -0.39 is 5.97 Å². The van der Waals surface area contributed by atoms with Gasteiger partial charge < -0.3 is 14.5 Å². The number of nitrogens with zero attached hydrogens (tertiary/aromatic N) is 2. The Morgan fingerprint density at radius 2 is 2.05 bits per heavy atom. The summed E-state index contributed by atoms with van der Waals surface area (Å²) in [6.07, 6.45) is 3.36. The first-order valence-electron chi connectivity index (χ1n) is 6.70. The average molecular weight is 270 g/mol. The normalized spacial score (nSPS) is 15.9. The highest BCUT2D eigenvalue weighted by molar-refractivity contribution is 5.87. The molecule has 0 radical (unpaired) electrons. The Morgan fingerprint density at radius 3 is 2.68 bits per heavy atom. The minimum absolute atomic E-state index is 0.0278. The van der Waals surface area contributed by atoms with Crippen LogP contribution in [0.3, 0.4) is 0 Å². The van der Waals surface area contributed by atoms with Crippen LogP contribution in [0.5, 0.6) is 0 Å². The van der Waals surface area contributed by atoms with Crippen molar-refractivity contribution in [2.75, 3.05) is 33.3 Å². The fourth-order valence-corrected chi connectivity index (χ4v) is 2.07. The highest BCUT2D eigenvalue weighted by Crippen LogP contribution is 2.11. The SMILES string of the molecule is CCN(CC(=O)OC)C(=O)CN1CCCCCC1=O. The number of likely N-dealkylation sites (tertiary alicyclic amines) is 1.